The summed E-state index contributed by atoms with van der Waals surface area (Å²) in [4.78, 5) is 11.3. The van der Waals surface area contributed by atoms with Gasteiger partial charge in [-0.15, -0.1) is 0 Å². The molecule has 19 heavy (non-hydrogen) atoms. The zero-order valence-corrected chi connectivity index (χ0v) is 11.8. The molecule has 0 aliphatic heterocycles. The van der Waals surface area contributed by atoms with Crippen LogP contribution >= 0.6 is 0 Å². The van der Waals surface area contributed by atoms with Gasteiger partial charge in [0.1, 0.15) is 12.0 Å². The molecule has 1 heterocycles. The number of rotatable bonds is 5. The number of carbonyl (C=O) groups is 1. The second kappa shape index (κ2) is 6.75. The van der Waals surface area contributed by atoms with Gasteiger partial charge in [-0.2, -0.15) is 0 Å². The lowest BCUT2D eigenvalue weighted by Gasteiger charge is -2.31. The Morgan fingerprint density at radius 2 is 2.26 bits per heavy atom. The molecular formula is C15H23NO3. The monoisotopic (exact) mass is 265 g/mol. The van der Waals surface area contributed by atoms with Crippen LogP contribution in [0.2, 0.25) is 0 Å². The van der Waals surface area contributed by atoms with Gasteiger partial charge in [-0.25, -0.2) is 4.79 Å². The first-order valence-electron chi connectivity index (χ1n) is 7.13. The third-order valence-corrected chi connectivity index (χ3v) is 4.05. The van der Waals surface area contributed by atoms with Crippen molar-refractivity contribution >= 4 is 5.97 Å². The van der Waals surface area contributed by atoms with Crippen molar-refractivity contribution in [3.8, 4) is 0 Å². The van der Waals surface area contributed by atoms with Crippen molar-refractivity contribution in [3.63, 3.8) is 0 Å². The summed E-state index contributed by atoms with van der Waals surface area (Å²) in [5.74, 6) is 1.21. The molecule has 0 spiro atoms. The second-order valence-electron chi connectivity index (χ2n) is 5.23. The van der Waals surface area contributed by atoms with Crippen molar-refractivity contribution in [2.45, 2.75) is 51.6 Å². The van der Waals surface area contributed by atoms with Crippen molar-refractivity contribution < 1.29 is 13.9 Å². The summed E-state index contributed by atoms with van der Waals surface area (Å²) in [7, 11) is 1.38. The van der Waals surface area contributed by atoms with Gasteiger partial charge in [-0.3, -0.25) is 0 Å². The maximum atomic E-state index is 11.3. The number of hydrogen-bond acceptors (Lipinski definition) is 4. The summed E-state index contributed by atoms with van der Waals surface area (Å²) >= 11 is 0. The molecule has 1 aromatic heterocycles. The van der Waals surface area contributed by atoms with E-state index < -0.39 is 0 Å². The quantitative estimate of drug-likeness (QED) is 0.831. The highest BCUT2D eigenvalue weighted by molar-refractivity contribution is 5.88. The fraction of sp³-hybridized carbons (Fsp3) is 0.667. The van der Waals surface area contributed by atoms with E-state index in [0.717, 1.165) is 11.7 Å². The smallest absolute Gasteiger partial charge is 0.341 e. The molecule has 0 saturated heterocycles. The van der Waals surface area contributed by atoms with E-state index in [1.54, 1.807) is 6.07 Å². The van der Waals surface area contributed by atoms with Gasteiger partial charge in [0.15, 0.2) is 0 Å². The van der Waals surface area contributed by atoms with Crippen LogP contribution in [0.15, 0.2) is 16.7 Å². The standard InChI is InChI=1S/C15H23NO3/c1-3-11-6-4-5-7-14(11)16-9-13-8-12(10-19-13)15(17)18-2/h8,10-11,14,16H,3-7,9H2,1-2H3. The SMILES string of the molecule is CCC1CCCCC1NCc1cc(C(=O)OC)co1. The minimum absolute atomic E-state index is 0.348. The first-order valence-corrected chi connectivity index (χ1v) is 7.13. The average molecular weight is 265 g/mol. The van der Waals surface area contributed by atoms with Gasteiger partial charge < -0.3 is 14.5 Å². The third-order valence-electron chi connectivity index (χ3n) is 4.05. The van der Waals surface area contributed by atoms with Crippen LogP contribution < -0.4 is 5.32 Å². The normalized spacial score (nSPS) is 23.3. The zero-order valence-electron chi connectivity index (χ0n) is 11.8. The Morgan fingerprint density at radius 3 is 3.00 bits per heavy atom. The number of ether oxygens (including phenoxy) is 1. The summed E-state index contributed by atoms with van der Waals surface area (Å²) in [6.45, 7) is 2.94. The Kier molecular flexibility index (Phi) is 5.02. The minimum Gasteiger partial charge on any atom is -0.467 e. The summed E-state index contributed by atoms with van der Waals surface area (Å²) in [5.41, 5.74) is 0.481. The molecule has 2 atom stereocenters. The molecule has 0 amide bonds. The Morgan fingerprint density at radius 1 is 1.47 bits per heavy atom. The molecule has 2 rings (SSSR count). The van der Waals surface area contributed by atoms with Gasteiger partial charge in [-0.05, 0) is 24.8 Å². The Balaban J connectivity index is 1.87. The molecule has 1 N–H and O–H groups in total. The van der Waals surface area contributed by atoms with Gasteiger partial charge in [-0.1, -0.05) is 26.2 Å². The number of hydrogen-bond donors (Lipinski definition) is 1. The van der Waals surface area contributed by atoms with Crippen LogP contribution in [-0.2, 0) is 11.3 Å². The molecule has 1 saturated carbocycles. The highest BCUT2D eigenvalue weighted by atomic mass is 16.5. The summed E-state index contributed by atoms with van der Waals surface area (Å²) in [6, 6.07) is 2.33. The molecule has 0 bridgehead atoms. The second-order valence-corrected chi connectivity index (χ2v) is 5.23. The fourth-order valence-corrected chi connectivity index (χ4v) is 2.89. The van der Waals surface area contributed by atoms with Gasteiger partial charge in [0.25, 0.3) is 0 Å². The first kappa shape index (κ1) is 14.1. The van der Waals surface area contributed by atoms with E-state index in [9.17, 15) is 4.79 Å². The maximum Gasteiger partial charge on any atom is 0.341 e. The fourth-order valence-electron chi connectivity index (χ4n) is 2.89. The van der Waals surface area contributed by atoms with Crippen molar-refractivity contribution in [1.82, 2.24) is 5.32 Å². The van der Waals surface area contributed by atoms with Crippen LogP contribution in [0.1, 0.15) is 55.1 Å². The van der Waals surface area contributed by atoms with E-state index >= 15 is 0 Å². The van der Waals surface area contributed by atoms with Crippen LogP contribution in [0.4, 0.5) is 0 Å². The number of methoxy groups -OCH3 is 1. The van der Waals surface area contributed by atoms with Gasteiger partial charge >= 0.3 is 5.97 Å². The van der Waals surface area contributed by atoms with Gasteiger partial charge in [0.2, 0.25) is 0 Å². The van der Waals surface area contributed by atoms with Gasteiger partial charge in [0, 0.05) is 6.04 Å². The number of nitrogens with one attached hydrogen (secondary N) is 1. The van der Waals surface area contributed by atoms with Gasteiger partial charge in [0.05, 0.1) is 19.2 Å². The first-order chi connectivity index (χ1) is 9.24. The van der Waals surface area contributed by atoms with Crippen LogP contribution in [0.25, 0.3) is 0 Å². The van der Waals surface area contributed by atoms with Crippen LogP contribution in [0, 0.1) is 5.92 Å². The zero-order chi connectivity index (χ0) is 13.7. The van der Waals surface area contributed by atoms with Crippen molar-refractivity contribution in [1.29, 1.82) is 0 Å². The molecule has 1 aromatic rings. The predicted molar refractivity (Wildman–Crippen MR) is 72.9 cm³/mol. The summed E-state index contributed by atoms with van der Waals surface area (Å²) < 4.78 is 10.0. The number of carbonyl (C=O) groups excluding carboxylic acids is 1. The van der Waals surface area contributed by atoms with E-state index in [1.165, 1.54) is 45.5 Å². The molecule has 4 nitrogen and oxygen atoms in total. The molecule has 106 valence electrons. The molecule has 2 unspecified atom stereocenters. The molecule has 0 radical (unpaired) electrons. The van der Waals surface area contributed by atoms with E-state index in [1.807, 2.05) is 0 Å². The Bertz CT molecular complexity index is 413. The summed E-state index contributed by atoms with van der Waals surface area (Å²) in [5, 5.41) is 3.56. The third kappa shape index (κ3) is 3.60. The summed E-state index contributed by atoms with van der Waals surface area (Å²) in [6.07, 6.45) is 7.90. The van der Waals surface area contributed by atoms with E-state index in [2.05, 4.69) is 17.0 Å². The molecule has 1 aliphatic carbocycles. The lowest BCUT2D eigenvalue weighted by atomic mass is 9.83. The average Bonchev–Trinajstić information content (AvgIpc) is 2.93. The van der Waals surface area contributed by atoms with E-state index in [-0.39, 0.29) is 5.97 Å². The Hall–Kier alpha value is -1.29. The molecule has 1 fully saturated rings. The highest BCUT2D eigenvalue weighted by Crippen LogP contribution is 2.27. The van der Waals surface area contributed by atoms with Crippen molar-refractivity contribution in [2.24, 2.45) is 5.92 Å². The highest BCUT2D eigenvalue weighted by Gasteiger charge is 2.23. The largest absolute Gasteiger partial charge is 0.467 e. The molecule has 4 heteroatoms. The van der Waals surface area contributed by atoms with E-state index in [4.69, 9.17) is 4.42 Å². The predicted octanol–water partition coefficient (Wildman–Crippen LogP) is 3.12. The molecular weight excluding hydrogens is 242 g/mol. The Labute approximate surface area is 114 Å². The lowest BCUT2D eigenvalue weighted by Crippen LogP contribution is -2.37. The van der Waals surface area contributed by atoms with Crippen LogP contribution in [0.5, 0.6) is 0 Å². The lowest BCUT2D eigenvalue weighted by molar-refractivity contribution is 0.0600. The van der Waals surface area contributed by atoms with E-state index in [0.29, 0.717) is 18.2 Å². The number of esters is 1. The van der Waals surface area contributed by atoms with Crippen molar-refractivity contribution in [2.75, 3.05) is 7.11 Å². The topological polar surface area (TPSA) is 51.5 Å². The minimum atomic E-state index is -0.348. The molecule has 0 aromatic carbocycles. The maximum absolute atomic E-state index is 11.3. The molecule has 1 aliphatic rings. The van der Waals surface area contributed by atoms with Crippen LogP contribution in [-0.4, -0.2) is 19.1 Å². The number of furan rings is 1. The van der Waals surface area contributed by atoms with Crippen LogP contribution in [0.3, 0.4) is 0 Å². The van der Waals surface area contributed by atoms with Crippen molar-refractivity contribution in [3.05, 3.63) is 23.7 Å².